The Bertz CT molecular complexity index is 1540. The third-order valence-corrected chi connectivity index (χ3v) is 11.1. The number of Topliss-reactive ketones (excluding diaryl/α,β-unsaturated/α-hetero) is 1. The number of alkyl halides is 3. The molecule has 0 bridgehead atoms. The summed E-state index contributed by atoms with van der Waals surface area (Å²) in [6.45, 7) is 2.51. The van der Waals surface area contributed by atoms with Crippen LogP contribution in [-0.2, 0) is 23.6 Å². The summed E-state index contributed by atoms with van der Waals surface area (Å²) in [5.41, 5.74) is 0.685. The molecule has 3 aromatic rings. The van der Waals surface area contributed by atoms with Crippen molar-refractivity contribution in [2.75, 3.05) is 6.54 Å². The predicted octanol–water partition coefficient (Wildman–Crippen LogP) is 6.71. The van der Waals surface area contributed by atoms with Gasteiger partial charge in [0.25, 0.3) is 0 Å². The summed E-state index contributed by atoms with van der Waals surface area (Å²) >= 11 is 0. The first-order valence-corrected chi connectivity index (χ1v) is 15.6. The van der Waals surface area contributed by atoms with Gasteiger partial charge in [-0.2, -0.15) is 18.3 Å². The number of carbonyl (C=O) groups excluding carboxylic acids is 1. The Morgan fingerprint density at radius 2 is 1.88 bits per heavy atom. The SMILES string of the molecule is CCN(C1CCC2=Cc3c(cnn3-c3ccc(F)cc3)CC2(C(=O)c2cc(C(F)(F)F)ccn2)C1)S(=O)C1CCCC1. The number of allylic oxidation sites excluding steroid dienone is 1. The lowest BCUT2D eigenvalue weighted by Crippen LogP contribution is -2.50. The number of hydrogen-bond acceptors (Lipinski definition) is 4. The van der Waals surface area contributed by atoms with Gasteiger partial charge in [0, 0.05) is 24.0 Å². The molecule has 0 spiro atoms. The second-order valence-electron chi connectivity index (χ2n) is 11.4. The largest absolute Gasteiger partial charge is 0.416 e. The normalized spacial score (nSPS) is 23.4. The second kappa shape index (κ2) is 11.1. The van der Waals surface area contributed by atoms with Crippen LogP contribution in [0.15, 0.2) is 54.4 Å². The number of ketones is 1. The molecule has 3 atom stereocenters. The van der Waals surface area contributed by atoms with E-state index < -0.39 is 33.9 Å². The zero-order valence-corrected chi connectivity index (χ0v) is 24.1. The Morgan fingerprint density at radius 1 is 1.14 bits per heavy atom. The van der Waals surface area contributed by atoms with Crippen LogP contribution in [-0.4, -0.2) is 46.9 Å². The molecule has 0 aliphatic heterocycles. The van der Waals surface area contributed by atoms with Crippen molar-refractivity contribution in [2.24, 2.45) is 5.41 Å². The summed E-state index contributed by atoms with van der Waals surface area (Å²) < 4.78 is 71.8. The summed E-state index contributed by atoms with van der Waals surface area (Å²) in [6, 6.07) is 7.46. The highest BCUT2D eigenvalue weighted by atomic mass is 32.2. The van der Waals surface area contributed by atoms with Gasteiger partial charge >= 0.3 is 6.18 Å². The van der Waals surface area contributed by atoms with Crippen molar-refractivity contribution in [3.8, 4) is 5.69 Å². The third-order valence-electron chi connectivity index (χ3n) is 9.00. The van der Waals surface area contributed by atoms with Crippen LogP contribution in [0.25, 0.3) is 11.8 Å². The van der Waals surface area contributed by atoms with Gasteiger partial charge in [0.1, 0.15) is 11.5 Å². The fraction of sp³-hybridized carbons (Fsp3) is 0.452. The van der Waals surface area contributed by atoms with Crippen LogP contribution in [0.3, 0.4) is 0 Å². The van der Waals surface area contributed by atoms with E-state index in [1.165, 1.54) is 12.1 Å². The number of halogens is 4. The number of rotatable bonds is 7. The van der Waals surface area contributed by atoms with Crippen molar-refractivity contribution in [1.29, 1.82) is 0 Å². The average molecular weight is 601 g/mol. The number of benzene rings is 1. The molecule has 42 heavy (non-hydrogen) atoms. The van der Waals surface area contributed by atoms with Gasteiger partial charge < -0.3 is 0 Å². The highest BCUT2D eigenvalue weighted by molar-refractivity contribution is 7.83. The van der Waals surface area contributed by atoms with Crippen molar-refractivity contribution < 1.29 is 26.6 Å². The quantitative estimate of drug-likeness (QED) is 0.223. The Kier molecular flexibility index (Phi) is 7.67. The topological polar surface area (TPSA) is 68.1 Å². The molecule has 0 saturated heterocycles. The van der Waals surface area contributed by atoms with Crippen molar-refractivity contribution in [3.63, 3.8) is 0 Å². The lowest BCUT2D eigenvalue weighted by molar-refractivity contribution is -0.137. The average Bonchev–Trinajstić information content (AvgIpc) is 3.66. The maximum atomic E-state index is 14.4. The fourth-order valence-electron chi connectivity index (χ4n) is 6.91. The van der Waals surface area contributed by atoms with E-state index in [1.54, 1.807) is 23.0 Å². The molecule has 2 aromatic heterocycles. The fourth-order valence-corrected chi connectivity index (χ4v) is 8.76. The number of aromatic nitrogens is 3. The molecule has 2 fully saturated rings. The van der Waals surface area contributed by atoms with Crippen LogP contribution in [0.1, 0.15) is 79.2 Å². The maximum absolute atomic E-state index is 14.4. The van der Waals surface area contributed by atoms with E-state index in [-0.39, 0.29) is 29.2 Å². The zero-order chi connectivity index (χ0) is 29.6. The lowest BCUT2D eigenvalue weighted by Gasteiger charge is -2.46. The number of carbonyl (C=O) groups is 1. The van der Waals surface area contributed by atoms with Gasteiger partial charge in [0.2, 0.25) is 0 Å². The van der Waals surface area contributed by atoms with Crippen molar-refractivity contribution >= 4 is 22.8 Å². The molecule has 3 aliphatic carbocycles. The van der Waals surface area contributed by atoms with Crippen molar-refractivity contribution in [3.05, 3.63) is 82.7 Å². The minimum Gasteiger partial charge on any atom is -0.291 e. The third kappa shape index (κ3) is 5.15. The Balaban J connectivity index is 1.42. The number of pyridine rings is 1. The van der Waals surface area contributed by atoms with Gasteiger partial charge in [-0.15, -0.1) is 0 Å². The highest BCUT2D eigenvalue weighted by Crippen LogP contribution is 2.51. The van der Waals surface area contributed by atoms with Gasteiger partial charge in [-0.1, -0.05) is 25.3 Å². The summed E-state index contributed by atoms with van der Waals surface area (Å²) in [5, 5.41) is 4.62. The molecule has 2 heterocycles. The van der Waals surface area contributed by atoms with E-state index in [9.17, 15) is 26.6 Å². The van der Waals surface area contributed by atoms with Gasteiger partial charge in [-0.05, 0) is 86.6 Å². The van der Waals surface area contributed by atoms with E-state index in [0.717, 1.165) is 60.8 Å². The Morgan fingerprint density at radius 3 is 2.57 bits per heavy atom. The molecule has 222 valence electrons. The zero-order valence-electron chi connectivity index (χ0n) is 23.2. The van der Waals surface area contributed by atoms with Crippen LogP contribution in [0.4, 0.5) is 17.6 Å². The second-order valence-corrected chi connectivity index (χ2v) is 13.1. The van der Waals surface area contributed by atoms with Crippen LogP contribution in [0.2, 0.25) is 0 Å². The van der Waals surface area contributed by atoms with Crippen LogP contribution >= 0.6 is 0 Å². The van der Waals surface area contributed by atoms with E-state index in [2.05, 4.69) is 10.1 Å². The van der Waals surface area contributed by atoms with Gasteiger partial charge in [0.15, 0.2) is 5.78 Å². The number of nitrogens with zero attached hydrogens (tertiary/aromatic N) is 4. The van der Waals surface area contributed by atoms with Crippen LogP contribution in [0.5, 0.6) is 0 Å². The Labute approximate surface area is 244 Å². The van der Waals surface area contributed by atoms with Gasteiger partial charge in [-0.3, -0.25) is 9.78 Å². The van der Waals surface area contributed by atoms with E-state index in [1.807, 2.05) is 17.3 Å². The van der Waals surface area contributed by atoms with Crippen molar-refractivity contribution in [1.82, 2.24) is 19.1 Å². The molecule has 0 N–H and O–H groups in total. The molecular formula is C31H32F4N4O2S. The van der Waals surface area contributed by atoms with Crippen molar-refractivity contribution in [2.45, 2.75) is 75.8 Å². The van der Waals surface area contributed by atoms with Gasteiger partial charge in [0.05, 0.1) is 39.5 Å². The molecule has 6 rings (SSSR count). The smallest absolute Gasteiger partial charge is 0.291 e. The number of hydrogen-bond donors (Lipinski definition) is 0. The molecule has 3 unspecified atom stereocenters. The Hall–Kier alpha value is -3.18. The molecule has 6 nitrogen and oxygen atoms in total. The first-order chi connectivity index (χ1) is 20.1. The molecule has 0 radical (unpaired) electrons. The molecular weight excluding hydrogens is 568 g/mol. The summed E-state index contributed by atoms with van der Waals surface area (Å²) in [5.74, 6) is -0.836. The minimum absolute atomic E-state index is 0.0885. The molecule has 1 aromatic carbocycles. The lowest BCUT2D eigenvalue weighted by atomic mass is 9.60. The summed E-state index contributed by atoms with van der Waals surface area (Å²) in [6.07, 6.45) is 5.66. The minimum atomic E-state index is -4.61. The first-order valence-electron chi connectivity index (χ1n) is 14.4. The summed E-state index contributed by atoms with van der Waals surface area (Å²) in [4.78, 5) is 18.5. The molecule has 3 aliphatic rings. The van der Waals surface area contributed by atoms with Crippen LogP contribution in [0, 0.1) is 11.2 Å². The van der Waals surface area contributed by atoms with E-state index in [4.69, 9.17) is 0 Å². The van der Waals surface area contributed by atoms with Crippen LogP contribution < -0.4 is 0 Å². The standard InChI is InChI=1S/C31H32F4N4O2S/c1-2-38(42(41)26-5-3-4-6-26)25-10-7-21-16-28-20(19-37-39(28)24-11-8-23(32)9-12-24)17-30(21,18-25)29(40)27-15-22(13-14-36-27)31(33,34)35/h8-9,11-16,19,25-26H,2-7,10,17-18H2,1H3. The first kappa shape index (κ1) is 28.9. The molecule has 11 heteroatoms. The van der Waals surface area contributed by atoms with Gasteiger partial charge in [-0.25, -0.2) is 17.6 Å². The monoisotopic (exact) mass is 600 g/mol. The molecule has 0 amide bonds. The van der Waals surface area contributed by atoms with E-state index in [0.29, 0.717) is 31.5 Å². The summed E-state index contributed by atoms with van der Waals surface area (Å²) in [7, 11) is -1.21. The molecule has 2 saturated carbocycles. The highest BCUT2D eigenvalue weighted by Gasteiger charge is 2.51. The van der Waals surface area contributed by atoms with E-state index >= 15 is 0 Å². The maximum Gasteiger partial charge on any atom is 0.416 e. The number of fused-ring (bicyclic) bond motifs is 2. The predicted molar refractivity (Wildman–Crippen MR) is 152 cm³/mol.